The summed E-state index contributed by atoms with van der Waals surface area (Å²) in [5, 5.41) is 2.51. The molecular formula is C9H15NO4S. The highest BCUT2D eigenvalue weighted by Gasteiger charge is 2.10. The first-order valence-corrected chi connectivity index (χ1v) is 5.60. The highest BCUT2D eigenvalue weighted by molar-refractivity contribution is 8.13. The minimum Gasteiger partial charge on any atom is -0.444 e. The molecule has 0 fully saturated rings. The lowest BCUT2D eigenvalue weighted by molar-refractivity contribution is -0.138. The van der Waals surface area contributed by atoms with Crippen LogP contribution >= 0.6 is 11.8 Å². The Bertz CT molecular complexity index is 232. The molecule has 86 valence electrons. The third-order valence-corrected chi connectivity index (χ3v) is 2.36. The highest BCUT2D eigenvalue weighted by atomic mass is 32.2. The van der Waals surface area contributed by atoms with Crippen LogP contribution in [0.3, 0.4) is 0 Å². The minimum atomic E-state index is -0.572. The normalized spacial score (nSPS) is 11.6. The maximum absolute atomic E-state index is 11.2. The first kappa shape index (κ1) is 14.0. The Balaban J connectivity index is 3.70. The number of rotatable bonds is 7. The monoisotopic (exact) mass is 233 g/mol. The number of nitrogens with one attached hydrogen (secondary N) is 1. The van der Waals surface area contributed by atoms with Crippen molar-refractivity contribution in [3.05, 3.63) is 0 Å². The van der Waals surface area contributed by atoms with Crippen molar-refractivity contribution >= 4 is 29.3 Å². The van der Waals surface area contributed by atoms with Gasteiger partial charge in [-0.1, -0.05) is 18.7 Å². The van der Waals surface area contributed by atoms with Crippen molar-refractivity contribution in [3.63, 3.8) is 0 Å². The van der Waals surface area contributed by atoms with E-state index in [1.165, 1.54) is 6.92 Å². The van der Waals surface area contributed by atoms with Crippen molar-refractivity contribution in [2.45, 2.75) is 32.9 Å². The molecule has 6 heteroatoms. The topological polar surface area (TPSA) is 72.5 Å². The number of amides is 1. The van der Waals surface area contributed by atoms with Crippen LogP contribution in [0.25, 0.3) is 0 Å². The molecule has 0 heterocycles. The van der Waals surface area contributed by atoms with E-state index < -0.39 is 6.23 Å². The van der Waals surface area contributed by atoms with Crippen molar-refractivity contribution in [3.8, 4) is 0 Å². The van der Waals surface area contributed by atoms with Crippen LogP contribution in [-0.2, 0) is 19.1 Å². The molecule has 1 atom stereocenters. The van der Waals surface area contributed by atoms with E-state index in [-0.39, 0.29) is 17.4 Å². The summed E-state index contributed by atoms with van der Waals surface area (Å²) in [4.78, 5) is 31.8. The van der Waals surface area contributed by atoms with Crippen molar-refractivity contribution in [1.82, 2.24) is 5.32 Å². The third kappa shape index (κ3) is 7.99. The van der Waals surface area contributed by atoms with Gasteiger partial charge in [-0.05, 0) is 0 Å². The van der Waals surface area contributed by atoms with Crippen LogP contribution in [0.2, 0.25) is 0 Å². The molecule has 0 spiro atoms. The number of ether oxygens (including phenoxy) is 1. The predicted octanol–water partition coefficient (Wildman–Crippen LogP) is 0.681. The maximum atomic E-state index is 11.2. The lowest BCUT2D eigenvalue weighted by atomic mass is 10.4. The summed E-state index contributed by atoms with van der Waals surface area (Å²) in [5.41, 5.74) is 0. The van der Waals surface area contributed by atoms with E-state index in [0.29, 0.717) is 18.6 Å². The Labute approximate surface area is 92.9 Å². The predicted molar refractivity (Wildman–Crippen MR) is 57.1 cm³/mol. The number of carbonyl (C=O) groups is 3. The van der Waals surface area contributed by atoms with Gasteiger partial charge in [0.05, 0.1) is 0 Å². The molecule has 0 aliphatic carbocycles. The van der Waals surface area contributed by atoms with Crippen LogP contribution < -0.4 is 5.32 Å². The van der Waals surface area contributed by atoms with Crippen LogP contribution in [0.5, 0.6) is 0 Å². The number of thioether (sulfide) groups is 1. The average Bonchev–Trinajstić information content (AvgIpc) is 2.16. The molecule has 0 aliphatic rings. The standard InChI is InChI=1S/C9H15NO4S/c1-3-9(14-6-11)10-8(13)4-5-15-7(2)12/h6,9H,3-5H2,1-2H3,(H,10,13). The lowest BCUT2D eigenvalue weighted by Crippen LogP contribution is -2.36. The van der Waals surface area contributed by atoms with Crippen molar-refractivity contribution in [2.75, 3.05) is 5.75 Å². The highest BCUT2D eigenvalue weighted by Crippen LogP contribution is 2.03. The molecule has 0 aromatic rings. The van der Waals surface area contributed by atoms with Gasteiger partial charge in [-0.15, -0.1) is 0 Å². The fourth-order valence-corrected chi connectivity index (χ4v) is 1.41. The second-order valence-electron chi connectivity index (χ2n) is 2.79. The van der Waals surface area contributed by atoms with E-state index in [4.69, 9.17) is 0 Å². The smallest absolute Gasteiger partial charge is 0.295 e. The van der Waals surface area contributed by atoms with Gasteiger partial charge in [-0.2, -0.15) is 0 Å². The molecular weight excluding hydrogens is 218 g/mol. The molecule has 0 saturated carbocycles. The van der Waals surface area contributed by atoms with Gasteiger partial charge in [0.2, 0.25) is 5.91 Å². The van der Waals surface area contributed by atoms with Crippen LogP contribution in [0.4, 0.5) is 0 Å². The molecule has 0 aromatic carbocycles. The fraction of sp³-hybridized carbons (Fsp3) is 0.667. The van der Waals surface area contributed by atoms with E-state index in [9.17, 15) is 14.4 Å². The van der Waals surface area contributed by atoms with Gasteiger partial charge < -0.3 is 10.1 Å². The summed E-state index contributed by atoms with van der Waals surface area (Å²) in [5.74, 6) is 0.219. The van der Waals surface area contributed by atoms with Crippen LogP contribution in [0, 0.1) is 0 Å². The van der Waals surface area contributed by atoms with E-state index >= 15 is 0 Å². The van der Waals surface area contributed by atoms with E-state index in [2.05, 4.69) is 10.1 Å². The second kappa shape index (κ2) is 8.28. The van der Waals surface area contributed by atoms with Gasteiger partial charge in [0.15, 0.2) is 11.3 Å². The first-order chi connectivity index (χ1) is 7.10. The van der Waals surface area contributed by atoms with Gasteiger partial charge in [-0.25, -0.2) is 0 Å². The van der Waals surface area contributed by atoms with Crippen molar-refractivity contribution in [1.29, 1.82) is 0 Å². The Kier molecular flexibility index (Phi) is 7.71. The largest absolute Gasteiger partial charge is 0.444 e. The number of hydrogen-bond donors (Lipinski definition) is 1. The summed E-state index contributed by atoms with van der Waals surface area (Å²) in [6, 6.07) is 0. The van der Waals surface area contributed by atoms with Crippen LogP contribution in [0.1, 0.15) is 26.7 Å². The molecule has 1 unspecified atom stereocenters. The second-order valence-corrected chi connectivity index (χ2v) is 4.06. The van der Waals surface area contributed by atoms with Gasteiger partial charge in [0.25, 0.3) is 6.47 Å². The maximum Gasteiger partial charge on any atom is 0.295 e. The molecule has 0 rings (SSSR count). The summed E-state index contributed by atoms with van der Waals surface area (Å²) in [7, 11) is 0. The molecule has 5 nitrogen and oxygen atoms in total. The molecule has 0 aliphatic heterocycles. The van der Waals surface area contributed by atoms with Crippen molar-refractivity contribution < 1.29 is 19.1 Å². The van der Waals surface area contributed by atoms with Gasteiger partial charge in [0, 0.05) is 25.5 Å². The van der Waals surface area contributed by atoms with Crippen molar-refractivity contribution in [2.24, 2.45) is 0 Å². The minimum absolute atomic E-state index is 0.0148. The van der Waals surface area contributed by atoms with E-state index in [1.54, 1.807) is 6.92 Å². The molecule has 0 bridgehead atoms. The Morgan fingerprint density at radius 2 is 2.20 bits per heavy atom. The summed E-state index contributed by atoms with van der Waals surface area (Å²) >= 11 is 1.10. The quantitative estimate of drug-likeness (QED) is 0.517. The Hall–Kier alpha value is -1.04. The van der Waals surface area contributed by atoms with Gasteiger partial charge >= 0.3 is 0 Å². The molecule has 1 N–H and O–H groups in total. The Morgan fingerprint density at radius 3 is 2.67 bits per heavy atom. The van der Waals surface area contributed by atoms with E-state index in [0.717, 1.165) is 11.8 Å². The third-order valence-electron chi connectivity index (χ3n) is 1.55. The SMILES string of the molecule is CCC(NC(=O)CCSC(C)=O)OC=O. The zero-order chi connectivity index (χ0) is 11.7. The molecule has 1 amide bonds. The molecule has 0 aromatic heterocycles. The van der Waals surface area contributed by atoms with Crippen LogP contribution in [0.15, 0.2) is 0 Å². The van der Waals surface area contributed by atoms with Crippen LogP contribution in [-0.4, -0.2) is 29.5 Å². The number of hydrogen-bond acceptors (Lipinski definition) is 5. The molecule has 0 radical (unpaired) electrons. The summed E-state index contributed by atoms with van der Waals surface area (Å²) in [6.07, 6.45) is 0.185. The first-order valence-electron chi connectivity index (χ1n) is 4.62. The zero-order valence-electron chi connectivity index (χ0n) is 8.82. The van der Waals surface area contributed by atoms with E-state index in [1.807, 2.05) is 0 Å². The van der Waals surface area contributed by atoms with Gasteiger partial charge in [0.1, 0.15) is 0 Å². The number of carbonyl (C=O) groups excluding carboxylic acids is 3. The molecule has 0 saturated heterocycles. The summed E-state index contributed by atoms with van der Waals surface area (Å²) in [6.45, 7) is 3.55. The summed E-state index contributed by atoms with van der Waals surface area (Å²) < 4.78 is 4.60. The average molecular weight is 233 g/mol. The fourth-order valence-electron chi connectivity index (χ4n) is 0.839. The van der Waals surface area contributed by atoms with Gasteiger partial charge in [-0.3, -0.25) is 14.4 Å². The zero-order valence-corrected chi connectivity index (χ0v) is 9.63. The lowest BCUT2D eigenvalue weighted by Gasteiger charge is -2.14. The Morgan fingerprint density at radius 1 is 1.53 bits per heavy atom. The molecule has 15 heavy (non-hydrogen) atoms.